The Kier molecular flexibility index (Phi) is 8.28. The van der Waals surface area contributed by atoms with Crippen LogP contribution in [0.4, 0.5) is 17.1 Å². The highest BCUT2D eigenvalue weighted by molar-refractivity contribution is 6.13. The summed E-state index contributed by atoms with van der Waals surface area (Å²) >= 11 is 0. The summed E-state index contributed by atoms with van der Waals surface area (Å²) in [6.07, 6.45) is 0. The minimum Gasteiger partial charge on any atom is -0.455 e. The van der Waals surface area contributed by atoms with E-state index in [1.165, 1.54) is 72.0 Å². The number of rotatable bonds is 6. The number of furan rings is 1. The molecule has 13 aromatic rings. The average molecular weight is 891 g/mol. The zero-order chi connectivity index (χ0) is 45.9. The number of fused-ring (bicyclic) bond motifs is 15. The highest BCUT2D eigenvalue weighted by Crippen LogP contribution is 2.62. The largest absolute Gasteiger partial charge is 0.455 e. The number of aromatic nitrogens is 1. The van der Waals surface area contributed by atoms with Gasteiger partial charge in [-0.1, -0.05) is 206 Å². The molecule has 0 saturated carbocycles. The second kappa shape index (κ2) is 14.9. The maximum atomic E-state index is 6.54. The molecule has 1 atom stereocenters. The first-order valence-electron chi connectivity index (χ1n) is 24.2. The van der Waals surface area contributed by atoms with E-state index in [1.807, 2.05) is 6.07 Å². The molecule has 3 heteroatoms. The number of anilines is 3. The Labute approximate surface area is 405 Å². The van der Waals surface area contributed by atoms with Crippen LogP contribution < -0.4 is 4.90 Å². The SMILES string of the molecule is c1ccc(-c2ccc(-c3ccccc3N(c3ccc(-c4cccc5c4oc4ccccc45)cc3)c3ccc4c(c3)-c3ccccc3C43c4ccccc4-n4c5ccccc5c5cccc3c54)cc2)cc1. The summed E-state index contributed by atoms with van der Waals surface area (Å²) in [4.78, 5) is 2.45. The van der Waals surface area contributed by atoms with Gasteiger partial charge in [-0.05, 0) is 104 Å². The Morgan fingerprint density at radius 1 is 0.343 bits per heavy atom. The molecule has 1 unspecified atom stereocenters. The van der Waals surface area contributed by atoms with Gasteiger partial charge in [0.25, 0.3) is 0 Å². The van der Waals surface area contributed by atoms with Gasteiger partial charge in [-0.2, -0.15) is 0 Å². The number of para-hydroxylation sites is 6. The van der Waals surface area contributed by atoms with Crippen LogP contribution in [0.2, 0.25) is 0 Å². The van der Waals surface area contributed by atoms with Gasteiger partial charge in [0.15, 0.2) is 0 Å². The molecule has 0 radical (unpaired) electrons. The molecule has 1 aliphatic heterocycles. The summed E-state index contributed by atoms with van der Waals surface area (Å²) in [5.74, 6) is 0. The van der Waals surface area contributed by atoms with Crippen LogP contribution in [0.1, 0.15) is 22.3 Å². The Bertz CT molecular complexity index is 4240. The average Bonchev–Trinajstić information content (AvgIpc) is 4.09. The fourth-order valence-corrected chi connectivity index (χ4v) is 12.3. The van der Waals surface area contributed by atoms with E-state index in [2.05, 4.69) is 258 Å². The highest BCUT2D eigenvalue weighted by Gasteiger charge is 2.51. The molecule has 1 spiro atoms. The predicted octanol–water partition coefficient (Wildman–Crippen LogP) is 17.8. The first-order valence-corrected chi connectivity index (χ1v) is 24.2. The zero-order valence-corrected chi connectivity index (χ0v) is 38.1. The van der Waals surface area contributed by atoms with E-state index < -0.39 is 5.41 Å². The fourth-order valence-electron chi connectivity index (χ4n) is 12.3. The first kappa shape index (κ1) is 38.9. The second-order valence-electron chi connectivity index (χ2n) is 18.7. The summed E-state index contributed by atoms with van der Waals surface area (Å²) in [5, 5.41) is 4.81. The number of hydrogen-bond acceptors (Lipinski definition) is 2. The smallest absolute Gasteiger partial charge is 0.143 e. The van der Waals surface area contributed by atoms with Crippen LogP contribution in [0.25, 0.3) is 93.9 Å². The molecule has 11 aromatic carbocycles. The Balaban J connectivity index is 0.944. The third kappa shape index (κ3) is 5.40. The van der Waals surface area contributed by atoms with E-state index in [1.54, 1.807) is 0 Å². The van der Waals surface area contributed by atoms with Crippen LogP contribution in [0.3, 0.4) is 0 Å². The lowest BCUT2D eigenvalue weighted by atomic mass is 9.65. The quantitative estimate of drug-likeness (QED) is 0.166. The molecule has 3 nitrogen and oxygen atoms in total. The van der Waals surface area contributed by atoms with Crippen LogP contribution in [0, 0.1) is 0 Å². The molecule has 0 bridgehead atoms. The van der Waals surface area contributed by atoms with Crippen molar-refractivity contribution >= 4 is 60.8 Å². The van der Waals surface area contributed by atoms with Crippen molar-refractivity contribution in [1.82, 2.24) is 4.57 Å². The van der Waals surface area contributed by atoms with Crippen molar-refractivity contribution in [2.45, 2.75) is 5.41 Å². The maximum absolute atomic E-state index is 6.54. The fraction of sp³-hybridized carbons (Fsp3) is 0.0149. The molecular formula is C67H42N2O. The summed E-state index contributed by atoms with van der Waals surface area (Å²) in [6.45, 7) is 0. The molecule has 0 N–H and O–H groups in total. The molecular weight excluding hydrogens is 849 g/mol. The van der Waals surface area contributed by atoms with Crippen molar-refractivity contribution in [3.05, 3.63) is 277 Å². The Morgan fingerprint density at radius 2 is 0.914 bits per heavy atom. The molecule has 15 rings (SSSR count). The van der Waals surface area contributed by atoms with Gasteiger partial charge in [0.1, 0.15) is 11.2 Å². The maximum Gasteiger partial charge on any atom is 0.143 e. The summed E-state index contributed by atoms with van der Waals surface area (Å²) in [5.41, 5.74) is 22.9. The van der Waals surface area contributed by atoms with Gasteiger partial charge in [0.2, 0.25) is 0 Å². The van der Waals surface area contributed by atoms with Crippen molar-refractivity contribution < 1.29 is 4.42 Å². The van der Waals surface area contributed by atoms with Gasteiger partial charge < -0.3 is 13.9 Å². The number of hydrogen-bond donors (Lipinski definition) is 0. The van der Waals surface area contributed by atoms with Crippen molar-refractivity contribution in [2.24, 2.45) is 0 Å². The van der Waals surface area contributed by atoms with E-state index in [-0.39, 0.29) is 0 Å². The molecule has 70 heavy (non-hydrogen) atoms. The lowest BCUT2D eigenvalue weighted by Gasteiger charge is -2.39. The van der Waals surface area contributed by atoms with Crippen molar-refractivity contribution in [1.29, 1.82) is 0 Å². The van der Waals surface area contributed by atoms with Gasteiger partial charge in [-0.15, -0.1) is 0 Å². The van der Waals surface area contributed by atoms with Crippen molar-refractivity contribution in [2.75, 3.05) is 4.90 Å². The highest BCUT2D eigenvalue weighted by atomic mass is 16.3. The molecule has 3 heterocycles. The third-order valence-electron chi connectivity index (χ3n) is 15.2. The Morgan fingerprint density at radius 3 is 1.79 bits per heavy atom. The van der Waals surface area contributed by atoms with E-state index in [9.17, 15) is 0 Å². The number of nitrogens with zero attached hydrogens (tertiary/aromatic N) is 2. The molecule has 2 aliphatic rings. The number of benzene rings is 11. The molecule has 2 aromatic heterocycles. The van der Waals surface area contributed by atoms with E-state index >= 15 is 0 Å². The standard InChI is InChI=1S/C67H42N2O/c1-2-16-43(17-3-1)44-32-34-45(35-33-44)49-18-5-10-28-61(49)68(47-38-36-46(37-39-47)50-22-14-24-55-53-21-7-13-31-64(53)70-66(50)55)48-40-41-58-56(42-48)51-19-4-8-25-57(51)67(58)59-26-9-12-30-63(59)69-62-29-11-6-20-52(62)54-23-15-27-60(67)65(54)69/h1-42H. The monoisotopic (exact) mass is 890 g/mol. The molecule has 0 fully saturated rings. The predicted molar refractivity (Wildman–Crippen MR) is 290 cm³/mol. The summed E-state index contributed by atoms with van der Waals surface area (Å²) < 4.78 is 9.05. The van der Waals surface area contributed by atoms with Crippen LogP contribution in [-0.4, -0.2) is 4.57 Å². The van der Waals surface area contributed by atoms with Crippen molar-refractivity contribution in [3.8, 4) is 50.2 Å². The van der Waals surface area contributed by atoms with Gasteiger partial charge >= 0.3 is 0 Å². The minimum absolute atomic E-state index is 0.534. The Hall–Kier alpha value is -9.18. The lowest BCUT2D eigenvalue weighted by molar-refractivity contribution is 0.670. The normalized spacial score (nSPS) is 14.3. The molecule has 0 amide bonds. The van der Waals surface area contributed by atoms with Gasteiger partial charge in [0, 0.05) is 44.0 Å². The topological polar surface area (TPSA) is 21.3 Å². The van der Waals surface area contributed by atoms with Crippen LogP contribution in [-0.2, 0) is 5.41 Å². The van der Waals surface area contributed by atoms with Crippen molar-refractivity contribution in [3.63, 3.8) is 0 Å². The van der Waals surface area contributed by atoms with Gasteiger partial charge in [-0.25, -0.2) is 0 Å². The van der Waals surface area contributed by atoms with Gasteiger partial charge in [0.05, 0.1) is 27.8 Å². The summed E-state index contributed by atoms with van der Waals surface area (Å²) in [7, 11) is 0. The second-order valence-corrected chi connectivity index (χ2v) is 18.7. The zero-order valence-electron chi connectivity index (χ0n) is 38.1. The van der Waals surface area contributed by atoms with Crippen LogP contribution >= 0.6 is 0 Å². The van der Waals surface area contributed by atoms with Crippen LogP contribution in [0.5, 0.6) is 0 Å². The van der Waals surface area contributed by atoms with E-state index in [0.717, 1.165) is 61.3 Å². The first-order chi connectivity index (χ1) is 34.7. The van der Waals surface area contributed by atoms with E-state index in [4.69, 9.17) is 4.42 Å². The van der Waals surface area contributed by atoms with Gasteiger partial charge in [-0.3, -0.25) is 0 Å². The van der Waals surface area contributed by atoms with E-state index in [0.29, 0.717) is 0 Å². The van der Waals surface area contributed by atoms with Crippen LogP contribution in [0.15, 0.2) is 259 Å². The molecule has 1 aliphatic carbocycles. The molecule has 326 valence electrons. The molecule has 0 saturated heterocycles. The summed E-state index contributed by atoms with van der Waals surface area (Å²) in [6, 6.07) is 93.6. The lowest BCUT2D eigenvalue weighted by Crippen LogP contribution is -2.33. The third-order valence-corrected chi connectivity index (χ3v) is 15.2. The minimum atomic E-state index is -0.534.